The van der Waals surface area contributed by atoms with E-state index in [1.54, 1.807) is 6.07 Å². The zero-order valence-corrected chi connectivity index (χ0v) is 17.1. The Hall–Kier alpha value is -1.78. The monoisotopic (exact) mass is 458 g/mol. The van der Waals surface area contributed by atoms with Crippen LogP contribution in [-0.4, -0.2) is 41.3 Å². The number of nitrogens with one attached hydrogen (secondary N) is 1. The first kappa shape index (κ1) is 20.0. The van der Waals surface area contributed by atoms with Gasteiger partial charge in [0.15, 0.2) is 5.03 Å². The van der Waals surface area contributed by atoms with Crippen LogP contribution in [0.1, 0.15) is 19.8 Å². The van der Waals surface area contributed by atoms with Crippen LogP contribution in [0.25, 0.3) is 0 Å². The molecular formula is C17H20BrFN4O3S. The van der Waals surface area contributed by atoms with Crippen molar-refractivity contribution in [2.24, 2.45) is 5.92 Å². The molecule has 1 fully saturated rings. The molecule has 2 aromatic rings. The zero-order chi connectivity index (χ0) is 19.6. The Morgan fingerprint density at radius 1 is 1.37 bits per heavy atom. The van der Waals surface area contributed by atoms with Crippen LogP contribution in [0.15, 0.2) is 40.2 Å². The maximum absolute atomic E-state index is 13.8. The van der Waals surface area contributed by atoms with Crippen molar-refractivity contribution in [3.05, 3.63) is 41.0 Å². The summed E-state index contributed by atoms with van der Waals surface area (Å²) < 4.78 is 42.5. The molecule has 146 valence electrons. The molecule has 1 aliphatic rings. The molecule has 0 unspecified atom stereocenters. The Kier molecular flexibility index (Phi) is 5.97. The van der Waals surface area contributed by atoms with E-state index in [2.05, 4.69) is 33.2 Å². The number of nitrogens with zero attached hydrogens (tertiary/aromatic N) is 3. The van der Waals surface area contributed by atoms with Crippen molar-refractivity contribution < 1.29 is 17.6 Å². The maximum atomic E-state index is 13.8. The van der Waals surface area contributed by atoms with Crippen molar-refractivity contribution in [1.82, 2.24) is 13.9 Å². The van der Waals surface area contributed by atoms with Crippen LogP contribution in [0.4, 0.5) is 10.1 Å². The zero-order valence-electron chi connectivity index (χ0n) is 14.7. The normalized spacial score (nSPS) is 16.4. The van der Waals surface area contributed by atoms with E-state index in [9.17, 15) is 17.6 Å². The number of benzene rings is 1. The van der Waals surface area contributed by atoms with Crippen LogP contribution in [-0.2, 0) is 21.4 Å². The largest absolute Gasteiger partial charge is 0.327 e. The average molecular weight is 459 g/mol. The van der Waals surface area contributed by atoms with E-state index in [0.29, 0.717) is 23.5 Å². The van der Waals surface area contributed by atoms with Crippen molar-refractivity contribution in [2.45, 2.75) is 31.3 Å². The number of amides is 1. The number of rotatable bonds is 5. The number of halogens is 2. The Morgan fingerprint density at radius 3 is 2.74 bits per heavy atom. The maximum Gasteiger partial charge on any atom is 0.262 e. The number of hydrogen-bond donors (Lipinski definition) is 1. The standard InChI is InChI=1S/C17H20BrFN4O3S/c1-12-4-6-23(7-5-12)27(25,26)17-10-22(11-20-17)9-16(24)21-15-3-2-13(18)8-14(15)19/h2-3,8,10-12H,4-7,9H2,1H3,(H,21,24). The summed E-state index contributed by atoms with van der Waals surface area (Å²) in [5.41, 5.74) is 0.0543. The van der Waals surface area contributed by atoms with Gasteiger partial charge in [0.25, 0.3) is 10.0 Å². The van der Waals surface area contributed by atoms with Gasteiger partial charge in [-0.05, 0) is 37.0 Å². The van der Waals surface area contributed by atoms with Gasteiger partial charge in [-0.15, -0.1) is 0 Å². The molecule has 1 N–H and O–H groups in total. The summed E-state index contributed by atoms with van der Waals surface area (Å²) in [6.45, 7) is 2.87. The third-order valence-corrected chi connectivity index (χ3v) is 6.77. The molecule has 1 saturated heterocycles. The van der Waals surface area contributed by atoms with Crippen LogP contribution in [0.5, 0.6) is 0 Å². The summed E-state index contributed by atoms with van der Waals surface area (Å²) in [6.07, 6.45) is 4.25. The Balaban J connectivity index is 1.66. The fraction of sp³-hybridized carbons (Fsp3) is 0.412. The quantitative estimate of drug-likeness (QED) is 0.746. The Bertz CT molecular complexity index is 939. The Labute approximate surface area is 165 Å². The lowest BCUT2D eigenvalue weighted by Crippen LogP contribution is -2.38. The summed E-state index contributed by atoms with van der Waals surface area (Å²) in [4.78, 5) is 16.1. The van der Waals surface area contributed by atoms with Gasteiger partial charge in [-0.2, -0.15) is 4.31 Å². The van der Waals surface area contributed by atoms with E-state index in [1.165, 1.54) is 33.5 Å². The van der Waals surface area contributed by atoms with Gasteiger partial charge in [0.05, 0.1) is 12.0 Å². The molecule has 1 aliphatic heterocycles. The summed E-state index contributed by atoms with van der Waals surface area (Å²) in [5.74, 6) is -0.535. The van der Waals surface area contributed by atoms with E-state index in [0.717, 1.165) is 12.8 Å². The highest BCUT2D eigenvalue weighted by atomic mass is 79.9. The van der Waals surface area contributed by atoms with E-state index in [4.69, 9.17) is 0 Å². The van der Waals surface area contributed by atoms with Gasteiger partial charge >= 0.3 is 0 Å². The molecule has 7 nitrogen and oxygen atoms in total. The van der Waals surface area contributed by atoms with Gasteiger partial charge in [0, 0.05) is 23.8 Å². The molecular weight excluding hydrogens is 439 g/mol. The molecule has 0 spiro atoms. The number of carbonyl (C=O) groups excluding carboxylic acids is 1. The fourth-order valence-corrected chi connectivity index (χ4v) is 4.60. The molecule has 10 heteroatoms. The number of aromatic nitrogens is 2. The highest BCUT2D eigenvalue weighted by molar-refractivity contribution is 9.10. The molecule has 2 heterocycles. The third kappa shape index (κ3) is 4.74. The second-order valence-corrected chi connectivity index (χ2v) is 9.44. The van der Waals surface area contributed by atoms with Crippen LogP contribution in [0.2, 0.25) is 0 Å². The second-order valence-electron chi connectivity index (χ2n) is 6.64. The third-order valence-electron chi connectivity index (χ3n) is 4.49. The lowest BCUT2D eigenvalue weighted by atomic mass is 10.0. The van der Waals surface area contributed by atoms with Crippen LogP contribution in [0.3, 0.4) is 0 Å². The Morgan fingerprint density at radius 2 is 2.07 bits per heavy atom. The molecule has 0 atom stereocenters. The number of hydrogen-bond acceptors (Lipinski definition) is 4. The second kappa shape index (κ2) is 8.07. The molecule has 1 aromatic carbocycles. The highest BCUT2D eigenvalue weighted by Gasteiger charge is 2.29. The predicted molar refractivity (Wildman–Crippen MR) is 102 cm³/mol. The van der Waals surface area contributed by atoms with Crippen molar-refractivity contribution in [1.29, 1.82) is 0 Å². The molecule has 27 heavy (non-hydrogen) atoms. The van der Waals surface area contributed by atoms with E-state index in [1.807, 2.05) is 0 Å². The average Bonchev–Trinajstić information content (AvgIpc) is 3.07. The number of sulfonamides is 1. The smallest absolute Gasteiger partial charge is 0.262 e. The molecule has 0 aliphatic carbocycles. The molecule has 0 radical (unpaired) electrons. The minimum Gasteiger partial charge on any atom is -0.327 e. The van der Waals surface area contributed by atoms with Gasteiger partial charge < -0.3 is 9.88 Å². The molecule has 1 amide bonds. The summed E-state index contributed by atoms with van der Waals surface area (Å²) in [5, 5.41) is 2.38. The highest BCUT2D eigenvalue weighted by Crippen LogP contribution is 2.23. The molecule has 3 rings (SSSR count). The van der Waals surface area contributed by atoms with Gasteiger partial charge in [-0.25, -0.2) is 17.8 Å². The lowest BCUT2D eigenvalue weighted by molar-refractivity contribution is -0.116. The minimum absolute atomic E-state index is 0.0543. The van der Waals surface area contributed by atoms with Gasteiger partial charge in [0.1, 0.15) is 12.4 Å². The summed E-state index contributed by atoms with van der Waals surface area (Å²) in [6, 6.07) is 4.30. The molecule has 0 saturated carbocycles. The fourth-order valence-electron chi connectivity index (χ4n) is 2.86. The molecule has 1 aromatic heterocycles. The van der Waals surface area contributed by atoms with Gasteiger partial charge in [-0.3, -0.25) is 4.79 Å². The molecule has 0 bridgehead atoms. The minimum atomic E-state index is -3.67. The first-order valence-electron chi connectivity index (χ1n) is 8.52. The summed E-state index contributed by atoms with van der Waals surface area (Å²) >= 11 is 3.15. The summed E-state index contributed by atoms with van der Waals surface area (Å²) in [7, 11) is -3.67. The van der Waals surface area contributed by atoms with Crippen LogP contribution < -0.4 is 5.32 Å². The first-order valence-corrected chi connectivity index (χ1v) is 10.8. The number of anilines is 1. The van der Waals surface area contributed by atoms with E-state index in [-0.39, 0.29) is 17.3 Å². The topological polar surface area (TPSA) is 84.3 Å². The van der Waals surface area contributed by atoms with Crippen LogP contribution >= 0.6 is 15.9 Å². The van der Waals surface area contributed by atoms with Gasteiger partial charge in [0.2, 0.25) is 5.91 Å². The number of carbonyl (C=O) groups is 1. The van der Waals surface area contributed by atoms with Crippen molar-refractivity contribution in [3.8, 4) is 0 Å². The van der Waals surface area contributed by atoms with E-state index >= 15 is 0 Å². The van der Waals surface area contributed by atoms with Gasteiger partial charge in [-0.1, -0.05) is 22.9 Å². The van der Waals surface area contributed by atoms with Crippen LogP contribution in [0, 0.1) is 11.7 Å². The van der Waals surface area contributed by atoms with E-state index < -0.39 is 21.7 Å². The SMILES string of the molecule is CC1CCN(S(=O)(=O)c2cn(CC(=O)Nc3ccc(Br)cc3F)cn2)CC1. The van der Waals surface area contributed by atoms with Crippen molar-refractivity contribution >= 4 is 37.5 Å². The van der Waals surface area contributed by atoms with Crippen molar-refractivity contribution in [3.63, 3.8) is 0 Å². The lowest BCUT2D eigenvalue weighted by Gasteiger charge is -2.28. The number of piperidine rings is 1. The van der Waals surface area contributed by atoms with Crippen molar-refractivity contribution in [2.75, 3.05) is 18.4 Å². The number of imidazole rings is 1. The first-order chi connectivity index (χ1) is 12.8. The predicted octanol–water partition coefficient (Wildman–Crippen LogP) is 2.84.